The Bertz CT molecular complexity index is 744. The Kier molecular flexibility index (Phi) is 4.50. The Labute approximate surface area is 125 Å². The molecule has 1 aromatic carbocycles. The molecule has 0 aliphatic rings. The normalized spacial score (nSPS) is 11.3. The quantitative estimate of drug-likeness (QED) is 0.614. The van der Waals surface area contributed by atoms with Crippen LogP contribution in [-0.4, -0.2) is 25.4 Å². The summed E-state index contributed by atoms with van der Waals surface area (Å²) in [4.78, 5) is 13.9. The van der Waals surface area contributed by atoms with Gasteiger partial charge in [0.1, 0.15) is 5.01 Å². The average molecular weight is 328 g/mol. The van der Waals surface area contributed by atoms with Crippen molar-refractivity contribution >= 4 is 32.7 Å². The number of nitro benzene ring substituents is 1. The number of aromatic nitrogens is 1. The second-order valence-corrected chi connectivity index (χ2v) is 6.65. The maximum absolute atomic E-state index is 12.2. The third-order valence-electron chi connectivity index (χ3n) is 2.63. The monoisotopic (exact) mass is 328 g/mol. The van der Waals surface area contributed by atoms with Crippen LogP contribution in [0.5, 0.6) is 0 Å². The highest BCUT2D eigenvalue weighted by Gasteiger charge is 2.26. The molecule has 1 heterocycles. The van der Waals surface area contributed by atoms with E-state index in [0.29, 0.717) is 10.7 Å². The van der Waals surface area contributed by atoms with Gasteiger partial charge in [0.2, 0.25) is 10.0 Å². The number of nitrogens with one attached hydrogen (secondary N) is 2. The molecular formula is C11H12N4O4S2. The van der Waals surface area contributed by atoms with E-state index in [0.717, 1.165) is 0 Å². The van der Waals surface area contributed by atoms with Gasteiger partial charge in [-0.1, -0.05) is 0 Å². The van der Waals surface area contributed by atoms with Crippen molar-refractivity contribution in [1.82, 2.24) is 9.71 Å². The molecule has 0 bridgehead atoms. The number of thiazole rings is 1. The summed E-state index contributed by atoms with van der Waals surface area (Å²) in [6.07, 6.45) is 1.55. The van der Waals surface area contributed by atoms with Crippen molar-refractivity contribution in [2.45, 2.75) is 11.4 Å². The minimum Gasteiger partial charge on any atom is -0.388 e. The van der Waals surface area contributed by atoms with E-state index in [1.165, 1.54) is 29.5 Å². The van der Waals surface area contributed by atoms with Crippen LogP contribution in [0, 0.1) is 10.1 Å². The lowest BCUT2D eigenvalue weighted by atomic mass is 10.3. The minimum absolute atomic E-state index is 0.00899. The van der Waals surface area contributed by atoms with E-state index in [2.05, 4.69) is 15.0 Å². The fourth-order valence-electron chi connectivity index (χ4n) is 1.62. The molecule has 2 N–H and O–H groups in total. The molecule has 0 unspecified atom stereocenters. The van der Waals surface area contributed by atoms with Crippen LogP contribution in [0.1, 0.15) is 5.01 Å². The second kappa shape index (κ2) is 6.16. The average Bonchev–Trinajstić information content (AvgIpc) is 2.98. The number of sulfonamides is 1. The molecule has 0 saturated carbocycles. The number of hydrogen-bond donors (Lipinski definition) is 2. The van der Waals surface area contributed by atoms with E-state index in [1.54, 1.807) is 18.6 Å². The summed E-state index contributed by atoms with van der Waals surface area (Å²) in [7, 11) is -2.40. The summed E-state index contributed by atoms with van der Waals surface area (Å²) in [6, 6.07) is 3.84. The molecule has 0 amide bonds. The van der Waals surface area contributed by atoms with E-state index in [9.17, 15) is 18.5 Å². The lowest BCUT2D eigenvalue weighted by Crippen LogP contribution is -2.24. The zero-order chi connectivity index (χ0) is 15.5. The molecular weight excluding hydrogens is 316 g/mol. The van der Waals surface area contributed by atoms with Gasteiger partial charge in [-0.3, -0.25) is 10.1 Å². The van der Waals surface area contributed by atoms with Crippen LogP contribution in [0.15, 0.2) is 34.7 Å². The molecule has 0 radical (unpaired) electrons. The third kappa shape index (κ3) is 3.54. The number of benzene rings is 1. The number of anilines is 1. The highest BCUT2D eigenvalue weighted by atomic mass is 32.2. The van der Waals surface area contributed by atoms with Crippen LogP contribution in [0.2, 0.25) is 0 Å². The van der Waals surface area contributed by atoms with Gasteiger partial charge >= 0.3 is 0 Å². The Morgan fingerprint density at radius 2 is 2.19 bits per heavy atom. The molecule has 0 fully saturated rings. The Morgan fingerprint density at radius 3 is 2.76 bits per heavy atom. The predicted molar refractivity (Wildman–Crippen MR) is 78.8 cm³/mol. The summed E-state index contributed by atoms with van der Waals surface area (Å²) in [5.74, 6) is 0. The molecule has 0 aliphatic heterocycles. The standard InChI is InChI=1S/C11H12N4O4S2/c1-12-8-2-3-10(9(6-8)15(16)17)21(18,19)14-7-11-13-4-5-20-11/h2-6,12,14H,7H2,1H3. The van der Waals surface area contributed by atoms with Crippen LogP contribution in [0.25, 0.3) is 0 Å². The van der Waals surface area contributed by atoms with Crippen LogP contribution < -0.4 is 10.0 Å². The van der Waals surface area contributed by atoms with Crippen molar-refractivity contribution in [2.24, 2.45) is 0 Å². The fourth-order valence-corrected chi connectivity index (χ4v) is 3.40. The molecule has 0 saturated heterocycles. The molecule has 8 nitrogen and oxygen atoms in total. The van der Waals surface area contributed by atoms with Gasteiger partial charge in [0, 0.05) is 30.4 Å². The fraction of sp³-hybridized carbons (Fsp3) is 0.182. The highest BCUT2D eigenvalue weighted by molar-refractivity contribution is 7.89. The first-order valence-electron chi connectivity index (χ1n) is 5.78. The lowest BCUT2D eigenvalue weighted by molar-refractivity contribution is -0.387. The lowest BCUT2D eigenvalue weighted by Gasteiger charge is -2.07. The van der Waals surface area contributed by atoms with Crippen molar-refractivity contribution < 1.29 is 13.3 Å². The first kappa shape index (κ1) is 15.4. The van der Waals surface area contributed by atoms with E-state index in [-0.39, 0.29) is 11.4 Å². The number of hydrogen-bond acceptors (Lipinski definition) is 7. The number of rotatable bonds is 6. The SMILES string of the molecule is CNc1ccc(S(=O)(=O)NCc2nccs2)c([N+](=O)[O-])c1. The maximum atomic E-state index is 12.2. The van der Waals surface area contributed by atoms with Crippen molar-refractivity contribution in [3.8, 4) is 0 Å². The van der Waals surface area contributed by atoms with E-state index in [4.69, 9.17) is 0 Å². The summed E-state index contributed by atoms with van der Waals surface area (Å²) in [6.45, 7) is -0.00899. The smallest absolute Gasteiger partial charge is 0.291 e. The number of nitrogens with zero attached hydrogens (tertiary/aromatic N) is 2. The molecule has 21 heavy (non-hydrogen) atoms. The second-order valence-electron chi connectivity index (χ2n) is 3.94. The van der Waals surface area contributed by atoms with Crippen LogP contribution in [-0.2, 0) is 16.6 Å². The van der Waals surface area contributed by atoms with Gasteiger partial charge in [-0.2, -0.15) is 0 Å². The first-order chi connectivity index (χ1) is 9.94. The third-order valence-corrected chi connectivity index (χ3v) is 4.86. The topological polar surface area (TPSA) is 114 Å². The van der Waals surface area contributed by atoms with Crippen LogP contribution >= 0.6 is 11.3 Å². The zero-order valence-electron chi connectivity index (χ0n) is 10.9. The molecule has 112 valence electrons. The largest absolute Gasteiger partial charge is 0.388 e. The maximum Gasteiger partial charge on any atom is 0.291 e. The van der Waals surface area contributed by atoms with Crippen molar-refractivity contribution in [3.63, 3.8) is 0 Å². The Balaban J connectivity index is 2.32. The van der Waals surface area contributed by atoms with Crippen LogP contribution in [0.4, 0.5) is 11.4 Å². The molecule has 2 rings (SSSR count). The minimum atomic E-state index is -3.99. The van der Waals surface area contributed by atoms with Gasteiger partial charge in [-0.05, 0) is 12.1 Å². The highest BCUT2D eigenvalue weighted by Crippen LogP contribution is 2.27. The molecule has 1 aromatic heterocycles. The van der Waals surface area contributed by atoms with Crippen LogP contribution in [0.3, 0.4) is 0 Å². The zero-order valence-corrected chi connectivity index (χ0v) is 12.6. The molecule has 10 heteroatoms. The van der Waals surface area contributed by atoms with Crippen molar-refractivity contribution in [1.29, 1.82) is 0 Å². The number of nitro groups is 1. The van der Waals surface area contributed by atoms with E-state index >= 15 is 0 Å². The summed E-state index contributed by atoms with van der Waals surface area (Å²) < 4.78 is 26.7. The van der Waals surface area contributed by atoms with Gasteiger partial charge in [0.05, 0.1) is 11.5 Å². The predicted octanol–water partition coefficient (Wildman–Crippen LogP) is 1.57. The molecule has 0 spiro atoms. The van der Waals surface area contributed by atoms with Gasteiger partial charge in [-0.15, -0.1) is 11.3 Å². The van der Waals surface area contributed by atoms with Crippen molar-refractivity contribution in [3.05, 3.63) is 44.9 Å². The molecule has 2 aromatic rings. The molecule has 0 atom stereocenters. The summed E-state index contributed by atoms with van der Waals surface area (Å²) >= 11 is 1.29. The van der Waals surface area contributed by atoms with Gasteiger partial charge in [0.15, 0.2) is 4.90 Å². The van der Waals surface area contributed by atoms with E-state index < -0.39 is 20.6 Å². The summed E-state index contributed by atoms with van der Waals surface area (Å²) in [5.41, 5.74) is -0.0194. The Hall–Kier alpha value is -2.04. The summed E-state index contributed by atoms with van der Waals surface area (Å²) in [5, 5.41) is 16.1. The van der Waals surface area contributed by atoms with Gasteiger partial charge in [0.25, 0.3) is 5.69 Å². The van der Waals surface area contributed by atoms with Gasteiger partial charge < -0.3 is 5.32 Å². The van der Waals surface area contributed by atoms with E-state index in [1.807, 2.05) is 0 Å². The first-order valence-corrected chi connectivity index (χ1v) is 8.14. The molecule has 0 aliphatic carbocycles. The Morgan fingerprint density at radius 1 is 1.43 bits per heavy atom. The van der Waals surface area contributed by atoms with Crippen molar-refractivity contribution in [2.75, 3.05) is 12.4 Å². The van der Waals surface area contributed by atoms with Gasteiger partial charge in [-0.25, -0.2) is 18.1 Å².